The molecular weight excluding hydrogens is 272 g/mol. The Hall–Kier alpha value is -0.280. The van der Waals surface area contributed by atoms with Gasteiger partial charge in [0.15, 0.2) is 5.78 Å². The van der Waals surface area contributed by atoms with Crippen LogP contribution in [0.3, 0.4) is 0 Å². The molecule has 1 aromatic rings. The summed E-state index contributed by atoms with van der Waals surface area (Å²) in [6.07, 6.45) is 9.19. The second kappa shape index (κ2) is 9.60. The minimum atomic E-state index is 0.196. The highest BCUT2D eigenvalue weighted by Crippen LogP contribution is 2.35. The standard InChI is InChI=1S/C16H26OS2/c1-4-6-7-8-9-10-14(5-2)19-16-15(13(3)17)11-12-18-16/h11-12,14H,4-10H2,1-3H3. The fourth-order valence-corrected chi connectivity index (χ4v) is 4.68. The monoisotopic (exact) mass is 298 g/mol. The Labute approximate surface area is 126 Å². The number of hydrogen-bond donors (Lipinski definition) is 0. The van der Waals surface area contributed by atoms with E-state index < -0.39 is 0 Å². The Morgan fingerprint density at radius 3 is 2.63 bits per heavy atom. The molecule has 1 nitrogen and oxygen atoms in total. The highest BCUT2D eigenvalue weighted by molar-refractivity contribution is 8.01. The van der Waals surface area contributed by atoms with Gasteiger partial charge in [-0.2, -0.15) is 0 Å². The van der Waals surface area contributed by atoms with Crippen LogP contribution < -0.4 is 0 Å². The summed E-state index contributed by atoms with van der Waals surface area (Å²) in [7, 11) is 0. The molecule has 1 unspecified atom stereocenters. The lowest BCUT2D eigenvalue weighted by molar-refractivity contribution is 0.101. The first-order valence-electron chi connectivity index (χ1n) is 7.44. The van der Waals surface area contributed by atoms with Crippen molar-refractivity contribution in [2.24, 2.45) is 0 Å². The van der Waals surface area contributed by atoms with Crippen LogP contribution in [0.2, 0.25) is 0 Å². The summed E-state index contributed by atoms with van der Waals surface area (Å²) in [6.45, 7) is 6.17. The third-order valence-electron chi connectivity index (χ3n) is 3.37. The van der Waals surface area contributed by atoms with Gasteiger partial charge in [-0.25, -0.2) is 0 Å². The topological polar surface area (TPSA) is 17.1 Å². The Kier molecular flexibility index (Phi) is 8.47. The number of rotatable bonds is 10. The quantitative estimate of drug-likeness (QED) is 0.291. The smallest absolute Gasteiger partial charge is 0.161 e. The minimum Gasteiger partial charge on any atom is -0.294 e. The van der Waals surface area contributed by atoms with Gasteiger partial charge in [0.2, 0.25) is 0 Å². The number of unbranched alkanes of at least 4 members (excludes halogenated alkanes) is 4. The molecule has 0 N–H and O–H groups in total. The van der Waals surface area contributed by atoms with Crippen molar-refractivity contribution < 1.29 is 4.79 Å². The van der Waals surface area contributed by atoms with E-state index >= 15 is 0 Å². The molecular formula is C16H26OS2. The lowest BCUT2D eigenvalue weighted by Crippen LogP contribution is -2.01. The predicted octanol–water partition coefficient (Wildman–Crippen LogP) is 6.18. The first kappa shape index (κ1) is 16.8. The summed E-state index contributed by atoms with van der Waals surface area (Å²) in [5.41, 5.74) is 0.916. The summed E-state index contributed by atoms with van der Waals surface area (Å²) in [5, 5.41) is 2.70. The normalized spacial score (nSPS) is 12.6. The second-order valence-electron chi connectivity index (χ2n) is 5.03. The molecule has 0 bridgehead atoms. The van der Waals surface area contributed by atoms with E-state index in [0.29, 0.717) is 5.25 Å². The van der Waals surface area contributed by atoms with E-state index in [0.717, 1.165) is 5.56 Å². The molecule has 0 saturated heterocycles. The largest absolute Gasteiger partial charge is 0.294 e. The van der Waals surface area contributed by atoms with Gasteiger partial charge in [0.25, 0.3) is 0 Å². The molecule has 1 aromatic heterocycles. The highest BCUT2D eigenvalue weighted by atomic mass is 32.2. The fraction of sp³-hybridized carbons (Fsp3) is 0.688. The van der Waals surface area contributed by atoms with Gasteiger partial charge in [0.05, 0.1) is 4.21 Å². The SMILES string of the molecule is CCCCCCCC(CC)Sc1sccc1C(C)=O. The summed E-state index contributed by atoms with van der Waals surface area (Å²) < 4.78 is 1.22. The molecule has 0 amide bonds. The van der Waals surface area contributed by atoms with Gasteiger partial charge in [0.1, 0.15) is 0 Å². The average Bonchev–Trinajstić information content (AvgIpc) is 2.85. The molecule has 1 atom stereocenters. The van der Waals surface area contributed by atoms with Crippen molar-refractivity contribution >= 4 is 28.9 Å². The maximum absolute atomic E-state index is 11.5. The molecule has 0 aromatic carbocycles. The predicted molar refractivity (Wildman–Crippen MR) is 87.6 cm³/mol. The zero-order chi connectivity index (χ0) is 14.1. The third kappa shape index (κ3) is 6.13. The molecule has 0 aliphatic heterocycles. The Balaban J connectivity index is 2.39. The van der Waals surface area contributed by atoms with Gasteiger partial charge in [0, 0.05) is 10.8 Å². The number of hydrogen-bond acceptors (Lipinski definition) is 3. The van der Waals surface area contributed by atoms with Crippen molar-refractivity contribution in [2.75, 3.05) is 0 Å². The molecule has 0 aliphatic carbocycles. The van der Waals surface area contributed by atoms with E-state index in [4.69, 9.17) is 0 Å². The zero-order valence-corrected chi connectivity index (χ0v) is 14.0. The average molecular weight is 299 g/mol. The lowest BCUT2D eigenvalue weighted by Gasteiger charge is -2.14. The van der Waals surface area contributed by atoms with E-state index in [1.165, 1.54) is 49.2 Å². The molecule has 19 heavy (non-hydrogen) atoms. The van der Waals surface area contributed by atoms with Crippen LogP contribution in [-0.2, 0) is 0 Å². The van der Waals surface area contributed by atoms with Crippen LogP contribution in [-0.4, -0.2) is 11.0 Å². The van der Waals surface area contributed by atoms with Gasteiger partial charge >= 0.3 is 0 Å². The number of thiophene rings is 1. The van der Waals surface area contributed by atoms with Crippen LogP contribution in [0.15, 0.2) is 15.7 Å². The van der Waals surface area contributed by atoms with Crippen molar-refractivity contribution in [1.82, 2.24) is 0 Å². The van der Waals surface area contributed by atoms with Crippen molar-refractivity contribution in [3.8, 4) is 0 Å². The number of ketones is 1. The molecule has 1 rings (SSSR count). The lowest BCUT2D eigenvalue weighted by atomic mass is 10.1. The van der Waals surface area contributed by atoms with Crippen molar-refractivity contribution in [3.63, 3.8) is 0 Å². The van der Waals surface area contributed by atoms with Crippen molar-refractivity contribution in [3.05, 3.63) is 17.0 Å². The zero-order valence-electron chi connectivity index (χ0n) is 12.4. The molecule has 0 radical (unpaired) electrons. The molecule has 108 valence electrons. The van der Waals surface area contributed by atoms with Crippen LogP contribution in [0.1, 0.15) is 76.1 Å². The molecule has 3 heteroatoms. The van der Waals surface area contributed by atoms with Crippen molar-refractivity contribution in [1.29, 1.82) is 0 Å². The summed E-state index contributed by atoms with van der Waals surface area (Å²) in [4.78, 5) is 11.5. The van der Waals surface area contributed by atoms with Gasteiger partial charge in [-0.3, -0.25) is 4.79 Å². The maximum Gasteiger partial charge on any atom is 0.161 e. The molecule has 0 spiro atoms. The fourth-order valence-electron chi connectivity index (χ4n) is 2.12. The van der Waals surface area contributed by atoms with E-state index in [2.05, 4.69) is 13.8 Å². The van der Waals surface area contributed by atoms with E-state index in [9.17, 15) is 4.79 Å². The number of thioether (sulfide) groups is 1. The number of carbonyl (C=O) groups is 1. The van der Waals surface area contributed by atoms with Gasteiger partial charge in [-0.1, -0.05) is 46.0 Å². The van der Waals surface area contributed by atoms with E-state index in [1.54, 1.807) is 18.3 Å². The third-order valence-corrected chi connectivity index (χ3v) is 5.99. The van der Waals surface area contributed by atoms with Gasteiger partial charge in [-0.15, -0.1) is 23.1 Å². The maximum atomic E-state index is 11.5. The minimum absolute atomic E-state index is 0.196. The number of Topliss-reactive ketones (excluding diaryl/α,β-unsaturated/α-hetero) is 1. The first-order valence-corrected chi connectivity index (χ1v) is 9.20. The second-order valence-corrected chi connectivity index (χ2v) is 7.51. The molecule has 0 saturated carbocycles. The van der Waals surface area contributed by atoms with Gasteiger partial charge in [-0.05, 0) is 31.2 Å². The molecule has 0 aliphatic rings. The van der Waals surface area contributed by atoms with E-state index in [-0.39, 0.29) is 5.78 Å². The first-order chi connectivity index (χ1) is 9.19. The highest BCUT2D eigenvalue weighted by Gasteiger charge is 2.14. The summed E-state index contributed by atoms with van der Waals surface area (Å²) in [5.74, 6) is 0.196. The van der Waals surface area contributed by atoms with Crippen LogP contribution in [0, 0.1) is 0 Å². The van der Waals surface area contributed by atoms with Crippen LogP contribution in [0.5, 0.6) is 0 Å². The summed E-state index contributed by atoms with van der Waals surface area (Å²) >= 11 is 3.62. The van der Waals surface area contributed by atoms with Crippen LogP contribution >= 0.6 is 23.1 Å². The molecule has 1 heterocycles. The van der Waals surface area contributed by atoms with Crippen LogP contribution in [0.4, 0.5) is 0 Å². The molecule has 0 fully saturated rings. The van der Waals surface area contributed by atoms with Gasteiger partial charge < -0.3 is 0 Å². The summed E-state index contributed by atoms with van der Waals surface area (Å²) in [6, 6.07) is 1.96. The number of carbonyl (C=O) groups excluding carboxylic acids is 1. The van der Waals surface area contributed by atoms with Crippen molar-refractivity contribution in [2.45, 2.75) is 75.2 Å². The Bertz CT molecular complexity index is 371. The Morgan fingerprint density at radius 2 is 2.00 bits per heavy atom. The van der Waals surface area contributed by atoms with E-state index in [1.807, 2.05) is 23.2 Å². The van der Waals surface area contributed by atoms with Crippen LogP contribution in [0.25, 0.3) is 0 Å². The Morgan fingerprint density at radius 1 is 1.26 bits per heavy atom.